The van der Waals surface area contributed by atoms with Crippen LogP contribution in [0.25, 0.3) is 0 Å². The largest absolute Gasteiger partial charge is 0.352 e. The first-order valence-corrected chi connectivity index (χ1v) is 14.1. The number of nitrogens with zero attached hydrogens (tertiary/aromatic N) is 1. The van der Waals surface area contributed by atoms with Gasteiger partial charge >= 0.3 is 0 Å². The number of rotatable bonds is 4. The predicted molar refractivity (Wildman–Crippen MR) is 143 cm³/mol. The highest BCUT2D eigenvalue weighted by molar-refractivity contribution is 6.36. The van der Waals surface area contributed by atoms with Gasteiger partial charge in [0.1, 0.15) is 15.8 Å². The van der Waals surface area contributed by atoms with Gasteiger partial charge in [-0.25, -0.2) is 0 Å². The van der Waals surface area contributed by atoms with Crippen LogP contribution < -0.4 is 5.32 Å². The van der Waals surface area contributed by atoms with E-state index in [4.69, 9.17) is 23.2 Å². The van der Waals surface area contributed by atoms with Gasteiger partial charge in [-0.1, -0.05) is 69.3 Å². The van der Waals surface area contributed by atoms with Crippen molar-refractivity contribution in [1.82, 2.24) is 10.2 Å². The van der Waals surface area contributed by atoms with Gasteiger partial charge in [-0.05, 0) is 59.8 Å². The summed E-state index contributed by atoms with van der Waals surface area (Å²) in [6.07, 6.45) is 3.93. The Morgan fingerprint density at radius 1 is 0.838 bits per heavy atom. The first kappa shape index (κ1) is 24.9. The fourth-order valence-electron chi connectivity index (χ4n) is 7.37. The fraction of sp³-hybridized carbons (Fsp3) is 0.500. The Morgan fingerprint density at radius 3 is 1.62 bits per heavy atom. The Kier molecular flexibility index (Phi) is 5.78. The van der Waals surface area contributed by atoms with E-state index in [0.717, 1.165) is 47.9 Å². The highest BCUT2D eigenvalue weighted by Crippen LogP contribution is 2.69. The minimum Gasteiger partial charge on any atom is -0.352 e. The molecule has 2 aromatic rings. The zero-order valence-corrected chi connectivity index (χ0v) is 22.9. The first-order chi connectivity index (χ1) is 17.6. The molecule has 0 radical (unpaired) electrons. The van der Waals surface area contributed by atoms with Crippen LogP contribution in [0.15, 0.2) is 48.5 Å². The summed E-state index contributed by atoms with van der Waals surface area (Å²) in [5.74, 6) is -2.50. The molecule has 1 N–H and O–H groups in total. The summed E-state index contributed by atoms with van der Waals surface area (Å²) in [7, 11) is 0. The van der Waals surface area contributed by atoms with Crippen LogP contribution in [-0.4, -0.2) is 34.7 Å². The lowest BCUT2D eigenvalue weighted by molar-refractivity contribution is -0.150. The highest BCUT2D eigenvalue weighted by atomic mass is 35.5. The van der Waals surface area contributed by atoms with Crippen LogP contribution in [0.5, 0.6) is 0 Å². The van der Waals surface area contributed by atoms with Crippen LogP contribution in [0.3, 0.4) is 0 Å². The van der Waals surface area contributed by atoms with Crippen LogP contribution in [-0.2, 0) is 24.1 Å². The van der Waals surface area contributed by atoms with Crippen molar-refractivity contribution < 1.29 is 14.4 Å². The van der Waals surface area contributed by atoms with Crippen LogP contribution in [0.1, 0.15) is 68.7 Å². The van der Waals surface area contributed by atoms with Gasteiger partial charge in [0.2, 0.25) is 17.7 Å². The minimum atomic E-state index is -1.24. The van der Waals surface area contributed by atoms with Crippen molar-refractivity contribution in [1.29, 1.82) is 0 Å². The summed E-state index contributed by atoms with van der Waals surface area (Å²) >= 11 is 15.0. The number of hydrogen-bond acceptors (Lipinski definition) is 3. The SMILES string of the molecule is CC1CCC(NC(=O)[C@H](C(C)C)N2C(=O)[C@H]3[C@H](C2=O)C2(Cl)c4ccccc4C3(Cl)c3ccccc32)CC1. The topological polar surface area (TPSA) is 66.5 Å². The number of nitrogens with one attached hydrogen (secondary N) is 1. The van der Waals surface area contributed by atoms with Crippen molar-refractivity contribution in [3.63, 3.8) is 0 Å². The smallest absolute Gasteiger partial charge is 0.243 e. The Bertz CT molecular complexity index is 1180. The van der Waals surface area contributed by atoms with E-state index in [9.17, 15) is 14.4 Å². The molecule has 2 fully saturated rings. The molecule has 1 aliphatic heterocycles. The van der Waals surface area contributed by atoms with E-state index in [1.165, 1.54) is 4.90 Å². The third-order valence-electron chi connectivity index (χ3n) is 9.16. The van der Waals surface area contributed by atoms with E-state index in [1.54, 1.807) is 0 Å². The van der Waals surface area contributed by atoms with Crippen LogP contribution in [0.4, 0.5) is 0 Å². The second-order valence-electron chi connectivity index (χ2n) is 11.7. The molecule has 2 bridgehead atoms. The van der Waals surface area contributed by atoms with Crippen molar-refractivity contribution >= 4 is 40.9 Å². The van der Waals surface area contributed by atoms with Gasteiger partial charge in [0.15, 0.2) is 0 Å². The summed E-state index contributed by atoms with van der Waals surface area (Å²) in [4.78, 5) is 40.9. The third kappa shape index (κ3) is 3.26. The van der Waals surface area contributed by atoms with E-state index in [2.05, 4.69) is 12.2 Å². The second-order valence-corrected chi connectivity index (χ2v) is 12.9. The first-order valence-electron chi connectivity index (χ1n) is 13.4. The summed E-state index contributed by atoms with van der Waals surface area (Å²) < 4.78 is 0. The molecule has 0 unspecified atom stereocenters. The number of imide groups is 1. The van der Waals surface area contributed by atoms with Gasteiger partial charge < -0.3 is 5.32 Å². The lowest BCUT2D eigenvalue weighted by atomic mass is 9.54. The van der Waals surface area contributed by atoms with Crippen molar-refractivity contribution in [2.45, 2.75) is 68.3 Å². The molecule has 7 heteroatoms. The number of carbonyl (C=O) groups is 3. The molecular weight excluding hydrogens is 507 g/mol. The minimum absolute atomic E-state index is 0.0588. The second kappa shape index (κ2) is 8.57. The van der Waals surface area contributed by atoms with E-state index in [1.807, 2.05) is 62.4 Å². The normalized spacial score (nSPS) is 34.7. The van der Waals surface area contributed by atoms with E-state index in [0.29, 0.717) is 5.92 Å². The van der Waals surface area contributed by atoms with Gasteiger partial charge in [0, 0.05) is 6.04 Å². The summed E-state index contributed by atoms with van der Waals surface area (Å²) in [6.45, 7) is 5.98. The third-order valence-corrected chi connectivity index (χ3v) is 10.4. The number of hydrogen-bond donors (Lipinski definition) is 1. The molecule has 0 spiro atoms. The number of carbonyl (C=O) groups excluding carboxylic acids is 3. The number of halogens is 2. The Morgan fingerprint density at radius 2 is 1.24 bits per heavy atom. The Hall–Kier alpha value is -2.37. The molecule has 5 nitrogen and oxygen atoms in total. The average molecular weight is 540 g/mol. The molecule has 1 saturated carbocycles. The van der Waals surface area contributed by atoms with E-state index < -0.39 is 39.4 Å². The molecule has 37 heavy (non-hydrogen) atoms. The van der Waals surface area contributed by atoms with Crippen molar-refractivity contribution in [3.05, 3.63) is 70.8 Å². The maximum Gasteiger partial charge on any atom is 0.243 e. The fourth-order valence-corrected chi connectivity index (χ4v) is 8.47. The lowest BCUT2D eigenvalue weighted by Crippen LogP contribution is -2.57. The number of amides is 3. The molecule has 194 valence electrons. The number of likely N-dealkylation sites (tertiary alicyclic amines) is 1. The molecule has 4 aliphatic carbocycles. The number of benzene rings is 2. The van der Waals surface area contributed by atoms with Crippen molar-refractivity contribution in [2.75, 3.05) is 0 Å². The highest BCUT2D eigenvalue weighted by Gasteiger charge is 2.73. The van der Waals surface area contributed by atoms with Gasteiger partial charge in [-0.2, -0.15) is 0 Å². The molecule has 2 aromatic carbocycles. The summed E-state index contributed by atoms with van der Waals surface area (Å²) in [5.41, 5.74) is 3.04. The molecule has 5 aliphatic rings. The summed E-state index contributed by atoms with van der Waals surface area (Å²) in [6, 6.07) is 14.3. The zero-order valence-electron chi connectivity index (χ0n) is 21.3. The van der Waals surface area contributed by atoms with Crippen molar-refractivity contribution in [2.24, 2.45) is 23.7 Å². The van der Waals surface area contributed by atoms with E-state index >= 15 is 0 Å². The Balaban J connectivity index is 1.44. The average Bonchev–Trinajstić information content (AvgIpc) is 3.15. The van der Waals surface area contributed by atoms with Gasteiger partial charge in [0.25, 0.3) is 0 Å². The van der Waals surface area contributed by atoms with E-state index in [-0.39, 0.29) is 17.9 Å². The van der Waals surface area contributed by atoms with Gasteiger partial charge in [0.05, 0.1) is 11.8 Å². The van der Waals surface area contributed by atoms with Gasteiger partial charge in [-0.3, -0.25) is 19.3 Å². The predicted octanol–water partition coefficient (Wildman–Crippen LogP) is 5.30. The van der Waals surface area contributed by atoms with Gasteiger partial charge in [-0.15, -0.1) is 23.2 Å². The molecular formula is C30H32Cl2N2O3. The molecule has 1 saturated heterocycles. The quantitative estimate of drug-likeness (QED) is 0.424. The van der Waals surface area contributed by atoms with Crippen LogP contribution in [0.2, 0.25) is 0 Å². The maximum absolute atomic E-state index is 14.3. The lowest BCUT2D eigenvalue weighted by Gasteiger charge is -2.54. The molecule has 1 heterocycles. The maximum atomic E-state index is 14.3. The van der Waals surface area contributed by atoms with Crippen molar-refractivity contribution in [3.8, 4) is 0 Å². The number of alkyl halides is 2. The summed E-state index contributed by atoms with van der Waals surface area (Å²) in [5, 5.41) is 3.16. The zero-order chi connectivity index (χ0) is 26.3. The molecule has 0 aromatic heterocycles. The molecule has 3 amide bonds. The van der Waals surface area contributed by atoms with Crippen LogP contribution >= 0.6 is 23.2 Å². The molecule has 7 rings (SSSR count). The molecule has 3 atom stereocenters. The standard InChI is InChI=1S/C30H32Cl2N2O3/c1-16(2)25(26(35)33-18-14-12-17(3)13-15-18)34-27(36)23-24(28(34)37)30(32)20-9-5-4-8-19(20)29(23,31)21-10-6-7-11-22(21)30/h4-11,16-18,23-25H,12-15H2,1-3H3,(H,33,35)/t17?,18?,23-,24-,25+,29?,30?/m1/s1. The van der Waals surface area contributed by atoms with Crippen LogP contribution in [0, 0.1) is 23.7 Å². The monoisotopic (exact) mass is 538 g/mol. The Labute approximate surface area is 227 Å².